The minimum absolute atomic E-state index is 0.00218. The third kappa shape index (κ3) is 4.69. The van der Waals surface area contributed by atoms with E-state index in [9.17, 15) is 4.79 Å². The first kappa shape index (κ1) is 17.8. The summed E-state index contributed by atoms with van der Waals surface area (Å²) >= 11 is 12.3. The second-order valence-corrected chi connectivity index (χ2v) is 6.37. The van der Waals surface area contributed by atoms with E-state index in [-0.39, 0.29) is 11.9 Å². The lowest BCUT2D eigenvalue weighted by atomic mass is 10.2. The van der Waals surface area contributed by atoms with Crippen molar-refractivity contribution in [3.05, 3.63) is 28.0 Å². The number of benzene rings is 1. The zero-order valence-electron chi connectivity index (χ0n) is 13.4. The largest absolute Gasteiger partial charge is 0.369 e. The Labute approximate surface area is 145 Å². The average molecular weight is 355 g/mol. The van der Waals surface area contributed by atoms with E-state index in [4.69, 9.17) is 23.2 Å². The van der Waals surface area contributed by atoms with E-state index in [1.165, 1.54) is 0 Å². The Kier molecular flexibility index (Phi) is 6.02. The van der Waals surface area contributed by atoms with Crippen LogP contribution in [0, 0.1) is 0 Å². The number of carbonyl (C=O) groups is 1. The number of anilines is 1. The lowest BCUT2D eigenvalue weighted by molar-refractivity contribution is -0.121. The minimum atomic E-state index is -0.00218. The van der Waals surface area contributed by atoms with Gasteiger partial charge in [0.25, 0.3) is 0 Å². The Hall–Kier alpha value is -1.59. The number of halogens is 2. The van der Waals surface area contributed by atoms with Gasteiger partial charge in [-0.3, -0.25) is 4.79 Å². The monoisotopic (exact) mass is 354 g/mol. The Morgan fingerprint density at radius 1 is 1.26 bits per heavy atom. The highest BCUT2D eigenvalue weighted by Gasteiger charge is 2.12. The van der Waals surface area contributed by atoms with Crippen LogP contribution in [0.2, 0.25) is 10.0 Å². The lowest BCUT2D eigenvalue weighted by Crippen LogP contribution is -2.31. The topological polar surface area (TPSA) is 66.9 Å². The van der Waals surface area contributed by atoms with Gasteiger partial charge >= 0.3 is 0 Å². The Morgan fingerprint density at radius 2 is 2.00 bits per heavy atom. The summed E-state index contributed by atoms with van der Waals surface area (Å²) in [7, 11) is 0. The van der Waals surface area contributed by atoms with Crippen LogP contribution in [0.1, 0.15) is 33.0 Å². The number of rotatable bonds is 6. The first-order valence-electron chi connectivity index (χ1n) is 7.59. The molecule has 23 heavy (non-hydrogen) atoms. The predicted octanol–water partition coefficient (Wildman–Crippen LogP) is 3.83. The molecule has 7 heteroatoms. The molecule has 0 spiro atoms. The summed E-state index contributed by atoms with van der Waals surface area (Å²) in [6, 6.07) is 3.57. The summed E-state index contributed by atoms with van der Waals surface area (Å²) in [5.74, 6) is 1.34. The molecule has 0 saturated heterocycles. The van der Waals surface area contributed by atoms with Gasteiger partial charge in [0.1, 0.15) is 11.6 Å². The van der Waals surface area contributed by atoms with Crippen molar-refractivity contribution in [2.45, 2.75) is 39.7 Å². The van der Waals surface area contributed by atoms with E-state index >= 15 is 0 Å². The number of hydrogen-bond donors (Lipinski definition) is 2. The van der Waals surface area contributed by atoms with Crippen LogP contribution in [-0.4, -0.2) is 28.5 Å². The fourth-order valence-corrected chi connectivity index (χ4v) is 2.72. The molecule has 0 aliphatic rings. The van der Waals surface area contributed by atoms with Gasteiger partial charge in [-0.15, -0.1) is 0 Å². The first-order chi connectivity index (χ1) is 10.9. The van der Waals surface area contributed by atoms with Crippen molar-refractivity contribution in [1.29, 1.82) is 0 Å². The molecule has 2 aromatic rings. The highest BCUT2D eigenvalue weighted by Crippen LogP contribution is 2.30. The summed E-state index contributed by atoms with van der Waals surface area (Å²) in [6.45, 7) is 6.31. The molecule has 1 aromatic heterocycles. The van der Waals surface area contributed by atoms with Crippen LogP contribution in [0.4, 0.5) is 5.82 Å². The highest BCUT2D eigenvalue weighted by molar-refractivity contribution is 6.38. The van der Waals surface area contributed by atoms with E-state index < -0.39 is 0 Å². The van der Waals surface area contributed by atoms with Crippen LogP contribution in [0.25, 0.3) is 10.9 Å². The van der Waals surface area contributed by atoms with Crippen molar-refractivity contribution >= 4 is 45.8 Å². The highest BCUT2D eigenvalue weighted by atomic mass is 35.5. The SMILES string of the molecule is CCc1nc(NCCC(=O)NC(C)C)c2cc(Cl)cc(Cl)c2n1. The molecule has 124 valence electrons. The van der Waals surface area contributed by atoms with Crippen molar-refractivity contribution < 1.29 is 4.79 Å². The molecular formula is C16H20Cl2N4O. The quantitative estimate of drug-likeness (QED) is 0.827. The van der Waals surface area contributed by atoms with Crippen molar-refractivity contribution in [3.8, 4) is 0 Å². The van der Waals surface area contributed by atoms with E-state index in [1.807, 2.05) is 20.8 Å². The molecule has 0 bridgehead atoms. The molecule has 1 amide bonds. The van der Waals surface area contributed by atoms with Crippen molar-refractivity contribution in [1.82, 2.24) is 15.3 Å². The standard InChI is InChI=1S/C16H20Cl2N4O/c1-4-13-21-15-11(7-10(17)8-12(15)18)16(22-13)19-6-5-14(23)20-9(2)3/h7-9H,4-6H2,1-3H3,(H,20,23)(H,19,21,22). The van der Waals surface area contributed by atoms with Gasteiger partial charge in [0.15, 0.2) is 0 Å². The van der Waals surface area contributed by atoms with Crippen molar-refractivity contribution in [2.75, 3.05) is 11.9 Å². The summed E-state index contributed by atoms with van der Waals surface area (Å²) in [5, 5.41) is 7.81. The molecule has 0 unspecified atom stereocenters. The molecule has 2 rings (SSSR count). The van der Waals surface area contributed by atoms with Gasteiger partial charge in [-0.2, -0.15) is 0 Å². The molecule has 0 aliphatic heterocycles. The number of amides is 1. The Morgan fingerprint density at radius 3 is 2.65 bits per heavy atom. The smallest absolute Gasteiger partial charge is 0.221 e. The number of aromatic nitrogens is 2. The normalized spacial score (nSPS) is 11.0. The van der Waals surface area contributed by atoms with E-state index in [0.29, 0.717) is 46.6 Å². The van der Waals surface area contributed by atoms with Crippen LogP contribution < -0.4 is 10.6 Å². The maximum atomic E-state index is 11.7. The minimum Gasteiger partial charge on any atom is -0.369 e. The van der Waals surface area contributed by atoms with Crippen LogP contribution >= 0.6 is 23.2 Å². The molecule has 0 atom stereocenters. The van der Waals surface area contributed by atoms with Crippen LogP contribution in [0.5, 0.6) is 0 Å². The second-order valence-electron chi connectivity index (χ2n) is 5.52. The van der Waals surface area contributed by atoms with Gasteiger partial charge in [0, 0.05) is 35.8 Å². The summed E-state index contributed by atoms with van der Waals surface area (Å²) in [5.41, 5.74) is 0.664. The van der Waals surface area contributed by atoms with Crippen LogP contribution in [0.3, 0.4) is 0 Å². The van der Waals surface area contributed by atoms with Crippen LogP contribution in [0.15, 0.2) is 12.1 Å². The van der Waals surface area contributed by atoms with Gasteiger partial charge in [-0.25, -0.2) is 9.97 Å². The van der Waals surface area contributed by atoms with Gasteiger partial charge in [0.05, 0.1) is 10.5 Å². The molecule has 0 fully saturated rings. The molecule has 5 nitrogen and oxygen atoms in total. The molecule has 0 aliphatic carbocycles. The van der Waals surface area contributed by atoms with Gasteiger partial charge < -0.3 is 10.6 Å². The van der Waals surface area contributed by atoms with Gasteiger partial charge in [-0.05, 0) is 26.0 Å². The van der Waals surface area contributed by atoms with Gasteiger partial charge in [-0.1, -0.05) is 30.1 Å². The molecule has 2 N–H and O–H groups in total. The van der Waals surface area contributed by atoms with E-state index in [0.717, 1.165) is 5.39 Å². The van der Waals surface area contributed by atoms with E-state index in [2.05, 4.69) is 20.6 Å². The van der Waals surface area contributed by atoms with Crippen molar-refractivity contribution in [3.63, 3.8) is 0 Å². The third-order valence-corrected chi connectivity index (χ3v) is 3.68. The zero-order chi connectivity index (χ0) is 17.0. The number of nitrogens with zero attached hydrogens (tertiary/aromatic N) is 2. The summed E-state index contributed by atoms with van der Waals surface area (Å²) in [4.78, 5) is 20.7. The first-order valence-corrected chi connectivity index (χ1v) is 8.35. The second kappa shape index (κ2) is 7.79. The molecule has 0 saturated carbocycles. The van der Waals surface area contributed by atoms with Crippen molar-refractivity contribution in [2.24, 2.45) is 0 Å². The third-order valence-electron chi connectivity index (χ3n) is 3.18. The van der Waals surface area contributed by atoms with E-state index in [1.54, 1.807) is 12.1 Å². The lowest BCUT2D eigenvalue weighted by Gasteiger charge is -2.12. The maximum absolute atomic E-state index is 11.7. The van der Waals surface area contributed by atoms with Crippen LogP contribution in [-0.2, 0) is 11.2 Å². The molecule has 0 radical (unpaired) electrons. The Balaban J connectivity index is 2.23. The van der Waals surface area contributed by atoms with Gasteiger partial charge in [0.2, 0.25) is 5.91 Å². The predicted molar refractivity (Wildman–Crippen MR) is 95.3 cm³/mol. The molecule has 1 heterocycles. The Bertz CT molecular complexity index is 719. The maximum Gasteiger partial charge on any atom is 0.221 e. The zero-order valence-corrected chi connectivity index (χ0v) is 14.9. The fourth-order valence-electron chi connectivity index (χ4n) is 2.18. The molecule has 1 aromatic carbocycles. The fraction of sp³-hybridized carbons (Fsp3) is 0.438. The molecular weight excluding hydrogens is 335 g/mol. The average Bonchev–Trinajstić information content (AvgIpc) is 2.46. The number of aryl methyl sites for hydroxylation is 1. The summed E-state index contributed by atoms with van der Waals surface area (Å²) in [6.07, 6.45) is 1.05. The number of fused-ring (bicyclic) bond motifs is 1. The number of nitrogens with one attached hydrogen (secondary N) is 2. The number of hydrogen-bond acceptors (Lipinski definition) is 4. The number of carbonyl (C=O) groups excluding carboxylic acids is 1. The summed E-state index contributed by atoms with van der Waals surface area (Å²) < 4.78 is 0.